The maximum atomic E-state index is 10.8. The largest absolute Gasteiger partial charge is 0.481 e. The van der Waals surface area contributed by atoms with Gasteiger partial charge in [-0.1, -0.05) is 0 Å². The lowest BCUT2D eigenvalue weighted by Crippen LogP contribution is -2.42. The summed E-state index contributed by atoms with van der Waals surface area (Å²) < 4.78 is 2.12. The summed E-state index contributed by atoms with van der Waals surface area (Å²) in [7, 11) is 0. The first-order valence-corrected chi connectivity index (χ1v) is 6.69. The van der Waals surface area contributed by atoms with E-state index in [4.69, 9.17) is 5.11 Å². The van der Waals surface area contributed by atoms with Crippen LogP contribution in [0.25, 0.3) is 0 Å². The Morgan fingerprint density at radius 2 is 2.11 bits per heavy atom. The first-order valence-electron chi connectivity index (χ1n) is 6.69. The van der Waals surface area contributed by atoms with E-state index in [0.29, 0.717) is 12.6 Å². The van der Waals surface area contributed by atoms with Crippen molar-refractivity contribution in [3.05, 3.63) is 18.2 Å². The Hall–Kier alpha value is -1.36. The van der Waals surface area contributed by atoms with Crippen LogP contribution >= 0.6 is 0 Å². The molecule has 0 amide bonds. The lowest BCUT2D eigenvalue weighted by molar-refractivity contribution is -0.137. The second kappa shape index (κ2) is 6.19. The van der Waals surface area contributed by atoms with Crippen LogP contribution in [0.15, 0.2) is 12.5 Å². The van der Waals surface area contributed by atoms with Gasteiger partial charge in [-0.2, -0.15) is 0 Å². The summed E-state index contributed by atoms with van der Waals surface area (Å²) in [6.07, 6.45) is 3.85. The van der Waals surface area contributed by atoms with Crippen LogP contribution < -0.4 is 0 Å². The molecule has 0 saturated carbocycles. The summed E-state index contributed by atoms with van der Waals surface area (Å²) in [4.78, 5) is 17.1. The lowest BCUT2D eigenvalue weighted by atomic mass is 10.1. The van der Waals surface area contributed by atoms with Crippen LogP contribution in [0.1, 0.15) is 52.8 Å². The Morgan fingerprint density at radius 1 is 1.47 bits per heavy atom. The standard InChI is InChI=1S/C14H25N3O2/c1-11(2)17-10-15-8-12(17)9-16(14(3,4)5)7-6-13(18)19/h8,10-11H,6-7,9H2,1-5H3,(H,18,19). The zero-order valence-electron chi connectivity index (χ0n) is 12.6. The molecule has 0 aliphatic rings. The van der Waals surface area contributed by atoms with Gasteiger partial charge in [0.2, 0.25) is 0 Å². The van der Waals surface area contributed by atoms with Gasteiger partial charge < -0.3 is 9.67 Å². The number of imidazole rings is 1. The van der Waals surface area contributed by atoms with Gasteiger partial charge >= 0.3 is 5.97 Å². The molecule has 0 saturated heterocycles. The Balaban J connectivity index is 2.82. The van der Waals surface area contributed by atoms with Gasteiger partial charge in [0.1, 0.15) is 0 Å². The summed E-state index contributed by atoms with van der Waals surface area (Å²) in [5, 5.41) is 8.85. The van der Waals surface area contributed by atoms with Crippen molar-refractivity contribution in [2.24, 2.45) is 0 Å². The summed E-state index contributed by atoms with van der Waals surface area (Å²) in [5.41, 5.74) is 1.05. The maximum absolute atomic E-state index is 10.8. The number of carboxylic acids is 1. The van der Waals surface area contributed by atoms with E-state index < -0.39 is 5.97 Å². The molecule has 0 spiro atoms. The summed E-state index contributed by atoms with van der Waals surface area (Å²) in [6.45, 7) is 11.8. The van der Waals surface area contributed by atoms with Crippen LogP contribution in [-0.4, -0.2) is 37.6 Å². The van der Waals surface area contributed by atoms with Gasteiger partial charge in [0.25, 0.3) is 0 Å². The smallest absolute Gasteiger partial charge is 0.304 e. The number of hydrogen-bond donors (Lipinski definition) is 1. The third-order valence-electron chi connectivity index (χ3n) is 3.20. The van der Waals surface area contributed by atoms with E-state index in [-0.39, 0.29) is 12.0 Å². The molecule has 0 atom stereocenters. The zero-order valence-corrected chi connectivity index (χ0v) is 12.6. The Labute approximate surface area is 115 Å². The molecule has 1 heterocycles. The molecule has 5 nitrogen and oxygen atoms in total. The van der Waals surface area contributed by atoms with Gasteiger partial charge in [-0.15, -0.1) is 0 Å². The highest BCUT2D eigenvalue weighted by atomic mass is 16.4. The van der Waals surface area contributed by atoms with E-state index in [1.165, 1.54) is 0 Å². The molecule has 0 bridgehead atoms. The third kappa shape index (κ3) is 4.67. The average molecular weight is 267 g/mol. The number of rotatable bonds is 6. The number of aliphatic carboxylic acids is 1. The molecule has 1 aromatic rings. The third-order valence-corrected chi connectivity index (χ3v) is 3.20. The molecule has 19 heavy (non-hydrogen) atoms. The molecule has 1 aromatic heterocycles. The monoisotopic (exact) mass is 267 g/mol. The molecule has 0 radical (unpaired) electrons. The maximum Gasteiger partial charge on any atom is 0.304 e. The number of hydrogen-bond acceptors (Lipinski definition) is 3. The van der Waals surface area contributed by atoms with E-state index in [9.17, 15) is 4.79 Å². The average Bonchev–Trinajstić information content (AvgIpc) is 2.70. The lowest BCUT2D eigenvalue weighted by Gasteiger charge is -2.35. The van der Waals surface area contributed by atoms with Gasteiger partial charge in [-0.3, -0.25) is 9.69 Å². The van der Waals surface area contributed by atoms with Gasteiger partial charge in [0.15, 0.2) is 0 Å². The van der Waals surface area contributed by atoms with Crippen molar-refractivity contribution < 1.29 is 9.90 Å². The zero-order chi connectivity index (χ0) is 14.6. The summed E-state index contributed by atoms with van der Waals surface area (Å²) in [6, 6.07) is 0.360. The predicted molar refractivity (Wildman–Crippen MR) is 75.0 cm³/mol. The fourth-order valence-corrected chi connectivity index (χ4v) is 2.00. The van der Waals surface area contributed by atoms with Crippen molar-refractivity contribution in [2.45, 2.75) is 59.2 Å². The fourth-order valence-electron chi connectivity index (χ4n) is 2.00. The van der Waals surface area contributed by atoms with Crippen LogP contribution in [0.3, 0.4) is 0 Å². The van der Waals surface area contributed by atoms with Gasteiger partial charge in [-0.25, -0.2) is 4.98 Å². The van der Waals surface area contributed by atoms with Crippen LogP contribution in [0.5, 0.6) is 0 Å². The van der Waals surface area contributed by atoms with Gasteiger partial charge in [0, 0.05) is 30.9 Å². The molecule has 0 unspecified atom stereocenters. The van der Waals surface area contributed by atoms with Crippen molar-refractivity contribution >= 4 is 5.97 Å². The fraction of sp³-hybridized carbons (Fsp3) is 0.714. The molecule has 0 aliphatic carbocycles. The summed E-state index contributed by atoms with van der Waals surface area (Å²) in [5.74, 6) is -0.758. The number of carbonyl (C=O) groups is 1. The number of aromatic nitrogens is 2. The quantitative estimate of drug-likeness (QED) is 0.860. The minimum atomic E-state index is -0.758. The Bertz CT molecular complexity index is 419. The highest BCUT2D eigenvalue weighted by Gasteiger charge is 2.23. The van der Waals surface area contributed by atoms with Crippen LogP contribution in [0, 0.1) is 0 Å². The highest BCUT2D eigenvalue weighted by molar-refractivity contribution is 5.66. The number of nitrogens with zero attached hydrogens (tertiary/aromatic N) is 3. The summed E-state index contributed by atoms with van der Waals surface area (Å²) >= 11 is 0. The molecule has 0 aliphatic heterocycles. The highest BCUT2D eigenvalue weighted by Crippen LogP contribution is 2.19. The van der Waals surface area contributed by atoms with E-state index in [2.05, 4.69) is 49.1 Å². The Morgan fingerprint density at radius 3 is 2.58 bits per heavy atom. The molecule has 108 valence electrons. The van der Waals surface area contributed by atoms with Gasteiger partial charge in [0.05, 0.1) is 18.4 Å². The van der Waals surface area contributed by atoms with Crippen molar-refractivity contribution in [1.29, 1.82) is 0 Å². The van der Waals surface area contributed by atoms with E-state index in [1.54, 1.807) is 0 Å². The van der Waals surface area contributed by atoms with Crippen molar-refractivity contribution in [3.8, 4) is 0 Å². The minimum absolute atomic E-state index is 0.0679. The number of carboxylic acid groups (broad SMARTS) is 1. The molecule has 0 fully saturated rings. The van der Waals surface area contributed by atoms with Crippen molar-refractivity contribution in [1.82, 2.24) is 14.5 Å². The second-order valence-electron chi connectivity index (χ2n) is 6.12. The predicted octanol–water partition coefficient (Wildman–Crippen LogP) is 2.54. The van der Waals surface area contributed by atoms with E-state index in [1.807, 2.05) is 12.5 Å². The molecule has 1 rings (SSSR count). The van der Waals surface area contributed by atoms with Crippen LogP contribution in [-0.2, 0) is 11.3 Å². The second-order valence-corrected chi connectivity index (χ2v) is 6.12. The molecule has 0 aromatic carbocycles. The van der Waals surface area contributed by atoms with E-state index >= 15 is 0 Å². The topological polar surface area (TPSA) is 58.4 Å². The normalized spacial score (nSPS) is 12.4. The minimum Gasteiger partial charge on any atom is -0.481 e. The molecular formula is C14H25N3O2. The van der Waals surface area contributed by atoms with Crippen LogP contribution in [0.2, 0.25) is 0 Å². The molecular weight excluding hydrogens is 242 g/mol. The van der Waals surface area contributed by atoms with Crippen molar-refractivity contribution in [2.75, 3.05) is 6.54 Å². The first-order chi connectivity index (χ1) is 8.71. The van der Waals surface area contributed by atoms with Gasteiger partial charge in [-0.05, 0) is 34.6 Å². The molecule has 5 heteroatoms. The van der Waals surface area contributed by atoms with Crippen LogP contribution in [0.4, 0.5) is 0 Å². The first kappa shape index (κ1) is 15.7. The Kier molecular flexibility index (Phi) is 5.11. The van der Waals surface area contributed by atoms with Crippen molar-refractivity contribution in [3.63, 3.8) is 0 Å². The van der Waals surface area contributed by atoms with E-state index in [0.717, 1.165) is 12.2 Å². The molecule has 1 N–H and O–H groups in total. The SMILES string of the molecule is CC(C)n1cncc1CN(CCC(=O)O)C(C)(C)C.